The van der Waals surface area contributed by atoms with Crippen molar-refractivity contribution in [2.45, 2.75) is 18.7 Å². The number of aromatic nitrogens is 1. The molecule has 1 fully saturated rings. The largest absolute Gasteiger partial charge is 0.379 e. The van der Waals surface area contributed by atoms with Crippen molar-refractivity contribution in [2.75, 3.05) is 38.3 Å². The number of benzene rings is 2. The highest BCUT2D eigenvalue weighted by Gasteiger charge is 2.33. The van der Waals surface area contributed by atoms with Gasteiger partial charge in [0.2, 0.25) is 10.0 Å². The smallest absolute Gasteiger partial charge is 0.271 e. The molecule has 0 spiro atoms. The number of nitro groups is 1. The molecular weight excluding hydrogens is 496 g/mol. The molecule has 1 amide bonds. The summed E-state index contributed by atoms with van der Waals surface area (Å²) < 4.78 is 35.1. The minimum Gasteiger partial charge on any atom is -0.379 e. The summed E-state index contributed by atoms with van der Waals surface area (Å²) in [6.45, 7) is 5.02. The number of carbonyl (C=O) groups excluding carboxylic acids is 1. The normalized spacial score (nSPS) is 17.4. The number of ether oxygens (including phenoxy) is 1. The van der Waals surface area contributed by atoms with E-state index >= 15 is 0 Å². The van der Waals surface area contributed by atoms with Crippen LogP contribution in [0.25, 0.3) is 17.3 Å². The summed E-state index contributed by atoms with van der Waals surface area (Å²) in [6, 6.07) is 13.0. The number of morpholine rings is 1. The highest BCUT2D eigenvalue weighted by Crippen LogP contribution is 2.39. The van der Waals surface area contributed by atoms with E-state index in [0.717, 1.165) is 17.0 Å². The molecular formula is C26H26N4O6S. The van der Waals surface area contributed by atoms with E-state index in [9.17, 15) is 23.3 Å². The topological polar surface area (TPSA) is 115 Å². The number of amides is 1. The number of hydrogen-bond acceptors (Lipinski definition) is 6. The van der Waals surface area contributed by atoms with Crippen LogP contribution < -0.4 is 4.90 Å². The van der Waals surface area contributed by atoms with Crippen molar-refractivity contribution in [1.29, 1.82) is 0 Å². The number of non-ortho nitro benzene ring substituents is 1. The van der Waals surface area contributed by atoms with Gasteiger partial charge in [-0.1, -0.05) is 6.07 Å². The molecule has 11 heteroatoms. The van der Waals surface area contributed by atoms with Crippen molar-refractivity contribution >= 4 is 39.0 Å². The maximum atomic E-state index is 13.3. The molecule has 1 saturated heterocycles. The lowest BCUT2D eigenvalue weighted by Gasteiger charge is -2.26. The van der Waals surface area contributed by atoms with Crippen molar-refractivity contribution in [3.63, 3.8) is 0 Å². The van der Waals surface area contributed by atoms with Crippen molar-refractivity contribution in [3.8, 4) is 5.69 Å². The first-order valence-electron chi connectivity index (χ1n) is 11.8. The molecule has 2 aromatic carbocycles. The van der Waals surface area contributed by atoms with Gasteiger partial charge in [0.05, 0.1) is 34.4 Å². The molecule has 192 valence electrons. The summed E-state index contributed by atoms with van der Waals surface area (Å²) in [5, 5.41) is 11.3. The van der Waals surface area contributed by atoms with Crippen LogP contribution >= 0.6 is 0 Å². The minimum atomic E-state index is -3.74. The second-order valence-corrected chi connectivity index (χ2v) is 11.0. The van der Waals surface area contributed by atoms with E-state index in [1.807, 2.05) is 24.5 Å². The molecule has 1 aromatic heterocycles. The lowest BCUT2D eigenvalue weighted by molar-refractivity contribution is -0.384. The van der Waals surface area contributed by atoms with Gasteiger partial charge in [-0.2, -0.15) is 4.31 Å². The predicted molar refractivity (Wildman–Crippen MR) is 139 cm³/mol. The summed E-state index contributed by atoms with van der Waals surface area (Å²) in [5.74, 6) is -0.240. The minimum absolute atomic E-state index is 0.0135. The number of sulfonamides is 1. The Bertz CT molecular complexity index is 1570. The molecule has 0 N–H and O–H groups in total. The van der Waals surface area contributed by atoms with Gasteiger partial charge in [-0.25, -0.2) is 8.42 Å². The van der Waals surface area contributed by atoms with E-state index in [4.69, 9.17) is 4.74 Å². The fraction of sp³-hybridized carbons (Fsp3) is 0.269. The quantitative estimate of drug-likeness (QED) is 0.288. The summed E-state index contributed by atoms with van der Waals surface area (Å²) in [7, 11) is -2.08. The number of likely N-dealkylation sites (N-methyl/N-ethyl adjacent to an activating group) is 1. The average Bonchev–Trinajstić information content (AvgIpc) is 3.31. The molecule has 0 unspecified atom stereocenters. The number of anilines is 1. The van der Waals surface area contributed by atoms with Crippen LogP contribution in [0.2, 0.25) is 0 Å². The summed E-state index contributed by atoms with van der Waals surface area (Å²) >= 11 is 0. The summed E-state index contributed by atoms with van der Waals surface area (Å²) in [5.41, 5.74) is 4.58. The van der Waals surface area contributed by atoms with Crippen molar-refractivity contribution in [3.05, 3.63) is 81.2 Å². The van der Waals surface area contributed by atoms with E-state index in [1.165, 1.54) is 27.4 Å². The zero-order valence-electron chi connectivity index (χ0n) is 20.7. The van der Waals surface area contributed by atoms with Crippen LogP contribution in [-0.2, 0) is 19.6 Å². The summed E-state index contributed by atoms with van der Waals surface area (Å²) in [6.07, 6.45) is 1.76. The fourth-order valence-electron chi connectivity index (χ4n) is 4.90. The third kappa shape index (κ3) is 4.24. The Balaban J connectivity index is 1.58. The maximum absolute atomic E-state index is 13.3. The van der Waals surface area contributed by atoms with Crippen LogP contribution in [0.15, 0.2) is 53.4 Å². The molecule has 5 rings (SSSR count). The molecule has 0 atom stereocenters. The molecule has 0 aliphatic carbocycles. The van der Waals surface area contributed by atoms with E-state index in [1.54, 1.807) is 37.4 Å². The Morgan fingerprint density at radius 1 is 1.05 bits per heavy atom. The number of hydrogen-bond donors (Lipinski definition) is 0. The molecule has 0 radical (unpaired) electrons. The van der Waals surface area contributed by atoms with Crippen LogP contribution in [0.5, 0.6) is 0 Å². The van der Waals surface area contributed by atoms with Crippen LogP contribution in [0, 0.1) is 24.0 Å². The molecule has 10 nitrogen and oxygen atoms in total. The van der Waals surface area contributed by atoms with Gasteiger partial charge in [0.1, 0.15) is 0 Å². The van der Waals surface area contributed by atoms with E-state index in [2.05, 4.69) is 0 Å². The third-order valence-electron chi connectivity index (χ3n) is 6.83. The number of carbonyl (C=O) groups is 1. The third-order valence-corrected chi connectivity index (χ3v) is 8.73. The standard InChI is InChI=1S/C26H26N4O6S/c1-17-13-19(18(2)29(17)20-5-4-6-21(15-20)30(32)33)14-24-23-16-22(7-8-25(23)27(3)26(24)31)37(34,35)28-9-11-36-12-10-28/h4-8,13-16H,9-12H2,1-3H3. The monoisotopic (exact) mass is 522 g/mol. The Kier molecular flexibility index (Phi) is 6.22. The van der Waals surface area contributed by atoms with Crippen LogP contribution in [0.1, 0.15) is 22.5 Å². The molecule has 0 bridgehead atoms. The Labute approximate surface area is 214 Å². The number of aryl methyl sites for hydroxylation is 1. The lowest BCUT2D eigenvalue weighted by Crippen LogP contribution is -2.40. The number of nitrogens with zero attached hydrogens (tertiary/aromatic N) is 4. The van der Waals surface area contributed by atoms with E-state index in [0.29, 0.717) is 35.7 Å². The zero-order valence-corrected chi connectivity index (χ0v) is 21.5. The highest BCUT2D eigenvalue weighted by atomic mass is 32.2. The molecule has 0 saturated carbocycles. The second kappa shape index (κ2) is 9.25. The molecule has 2 aliphatic heterocycles. The highest BCUT2D eigenvalue weighted by molar-refractivity contribution is 7.89. The van der Waals surface area contributed by atoms with Gasteiger partial charge in [0.15, 0.2) is 0 Å². The number of rotatable bonds is 5. The number of fused-ring (bicyclic) bond motifs is 1. The SMILES string of the molecule is Cc1cc(C=C2C(=O)N(C)c3ccc(S(=O)(=O)N4CCOCC4)cc32)c(C)n1-c1cccc([N+](=O)[O-])c1. The molecule has 3 aromatic rings. The van der Waals surface area contributed by atoms with Crippen LogP contribution in [0.4, 0.5) is 11.4 Å². The first-order chi connectivity index (χ1) is 17.6. The van der Waals surface area contributed by atoms with E-state index in [-0.39, 0.29) is 29.6 Å². The van der Waals surface area contributed by atoms with Gasteiger partial charge in [-0.15, -0.1) is 0 Å². The first-order valence-corrected chi connectivity index (χ1v) is 13.2. The van der Waals surface area contributed by atoms with Gasteiger partial charge in [0, 0.05) is 54.8 Å². The Morgan fingerprint density at radius 3 is 2.49 bits per heavy atom. The zero-order chi connectivity index (χ0) is 26.5. The molecule has 2 aliphatic rings. The van der Waals surface area contributed by atoms with Gasteiger partial charge >= 0.3 is 0 Å². The lowest BCUT2D eigenvalue weighted by atomic mass is 10.0. The summed E-state index contributed by atoms with van der Waals surface area (Å²) in [4.78, 5) is 25.7. The Morgan fingerprint density at radius 2 is 1.78 bits per heavy atom. The Hall–Kier alpha value is -3.80. The average molecular weight is 523 g/mol. The maximum Gasteiger partial charge on any atom is 0.271 e. The van der Waals surface area contributed by atoms with Gasteiger partial charge in [-0.05, 0) is 55.8 Å². The van der Waals surface area contributed by atoms with Crippen LogP contribution in [-0.4, -0.2) is 61.5 Å². The molecule has 3 heterocycles. The molecule has 37 heavy (non-hydrogen) atoms. The van der Waals surface area contributed by atoms with Gasteiger partial charge in [-0.3, -0.25) is 14.9 Å². The van der Waals surface area contributed by atoms with Crippen LogP contribution in [0.3, 0.4) is 0 Å². The second-order valence-electron chi connectivity index (χ2n) is 9.06. The van der Waals surface area contributed by atoms with E-state index < -0.39 is 14.9 Å². The van der Waals surface area contributed by atoms with Crippen molar-refractivity contribution < 1.29 is 22.9 Å². The predicted octanol–water partition coefficient (Wildman–Crippen LogP) is 3.54. The van der Waals surface area contributed by atoms with Gasteiger partial charge < -0.3 is 14.2 Å². The van der Waals surface area contributed by atoms with Gasteiger partial charge in [0.25, 0.3) is 11.6 Å². The van der Waals surface area contributed by atoms with Crippen molar-refractivity contribution in [2.24, 2.45) is 0 Å². The van der Waals surface area contributed by atoms with Crippen molar-refractivity contribution in [1.82, 2.24) is 8.87 Å². The first kappa shape index (κ1) is 24.9. The fourth-order valence-corrected chi connectivity index (χ4v) is 6.33. The number of nitro benzene ring substituents is 1.